The molecule has 2 amide bonds. The maximum absolute atomic E-state index is 10.9. The first kappa shape index (κ1) is 11.2. The Morgan fingerprint density at radius 1 is 1.58 bits per heavy atom. The first-order valence-corrected chi connectivity index (χ1v) is 4.42. The second-order valence-corrected chi connectivity index (χ2v) is 3.19. The number of carbonyl (C=O) groups is 2. The second-order valence-electron chi connectivity index (χ2n) is 2.18. The quantitative estimate of drug-likeness (QED) is 0.243. The number of hydrogen-bond donors (Lipinski definition) is 3. The smallest absolute Gasteiger partial charge is 0.248 e. The van der Waals surface area contributed by atoms with Crippen molar-refractivity contribution in [3.8, 4) is 0 Å². The first-order valence-electron chi connectivity index (χ1n) is 3.54. The van der Waals surface area contributed by atoms with Gasteiger partial charge in [-0.1, -0.05) is 6.92 Å². The molecule has 0 aliphatic rings. The van der Waals surface area contributed by atoms with Crippen molar-refractivity contribution in [3.63, 3.8) is 0 Å². The number of amides is 2. The van der Waals surface area contributed by atoms with Crippen molar-refractivity contribution in [2.45, 2.75) is 25.5 Å². The Bertz CT molecular complexity index is 174. The van der Waals surface area contributed by atoms with E-state index in [4.69, 9.17) is 5.84 Å². The van der Waals surface area contributed by atoms with E-state index in [0.717, 1.165) is 11.9 Å². The SMILES string of the molecule is CCC(SNC(C)=O)C(=O)NN. The van der Waals surface area contributed by atoms with Gasteiger partial charge in [-0.3, -0.25) is 19.7 Å². The number of carbonyl (C=O) groups excluding carboxylic acids is 2. The summed E-state index contributed by atoms with van der Waals surface area (Å²) in [6, 6.07) is 0. The molecule has 4 N–H and O–H groups in total. The zero-order valence-corrected chi connectivity index (χ0v) is 7.90. The van der Waals surface area contributed by atoms with Crippen molar-refractivity contribution in [1.29, 1.82) is 0 Å². The van der Waals surface area contributed by atoms with Crippen molar-refractivity contribution < 1.29 is 9.59 Å². The van der Waals surface area contributed by atoms with Crippen molar-refractivity contribution in [1.82, 2.24) is 10.1 Å². The van der Waals surface area contributed by atoms with Crippen molar-refractivity contribution >= 4 is 23.8 Å². The molecule has 0 bridgehead atoms. The van der Waals surface area contributed by atoms with E-state index >= 15 is 0 Å². The van der Waals surface area contributed by atoms with Crippen LogP contribution < -0.4 is 16.0 Å². The molecule has 1 unspecified atom stereocenters. The highest BCUT2D eigenvalue weighted by atomic mass is 32.2. The zero-order valence-electron chi connectivity index (χ0n) is 7.09. The summed E-state index contributed by atoms with van der Waals surface area (Å²) in [7, 11) is 0. The number of nitrogens with two attached hydrogens (primary N) is 1. The number of hydrazine groups is 1. The Morgan fingerprint density at radius 2 is 2.17 bits per heavy atom. The zero-order chi connectivity index (χ0) is 9.56. The predicted molar refractivity (Wildman–Crippen MR) is 47.8 cm³/mol. The summed E-state index contributed by atoms with van der Waals surface area (Å²) in [6.45, 7) is 3.23. The maximum Gasteiger partial charge on any atom is 0.248 e. The lowest BCUT2D eigenvalue weighted by atomic mass is 10.3. The van der Waals surface area contributed by atoms with Crippen LogP contribution in [0.3, 0.4) is 0 Å². The molecule has 0 aromatic carbocycles. The van der Waals surface area contributed by atoms with Crippen molar-refractivity contribution in [2.24, 2.45) is 5.84 Å². The Kier molecular flexibility index (Phi) is 5.48. The predicted octanol–water partition coefficient (Wildman–Crippen LogP) is -0.461. The highest BCUT2D eigenvalue weighted by Crippen LogP contribution is 2.09. The van der Waals surface area contributed by atoms with Crippen LogP contribution in [-0.2, 0) is 9.59 Å². The van der Waals surface area contributed by atoms with Crippen LogP contribution in [0.2, 0.25) is 0 Å². The van der Waals surface area contributed by atoms with Crippen molar-refractivity contribution in [3.05, 3.63) is 0 Å². The molecule has 0 aromatic rings. The van der Waals surface area contributed by atoms with Crippen LogP contribution in [0.5, 0.6) is 0 Å². The van der Waals surface area contributed by atoms with E-state index in [-0.39, 0.29) is 17.1 Å². The number of nitrogens with one attached hydrogen (secondary N) is 2. The van der Waals surface area contributed by atoms with Crippen LogP contribution in [0.4, 0.5) is 0 Å². The van der Waals surface area contributed by atoms with Gasteiger partial charge in [0, 0.05) is 6.92 Å². The van der Waals surface area contributed by atoms with Gasteiger partial charge in [0.2, 0.25) is 11.8 Å². The van der Waals surface area contributed by atoms with E-state index in [9.17, 15) is 9.59 Å². The van der Waals surface area contributed by atoms with Crippen LogP contribution in [-0.4, -0.2) is 17.1 Å². The standard InChI is InChI=1S/C6H13N3O2S/c1-3-5(6(11)8-7)12-9-4(2)10/h5H,3,7H2,1-2H3,(H,8,11)(H,9,10). The lowest BCUT2D eigenvalue weighted by Gasteiger charge is -2.11. The Labute approximate surface area is 75.6 Å². The molecule has 0 saturated carbocycles. The largest absolute Gasteiger partial charge is 0.300 e. The summed E-state index contributed by atoms with van der Waals surface area (Å²) in [4.78, 5) is 21.4. The molecule has 0 saturated heterocycles. The van der Waals surface area contributed by atoms with Gasteiger partial charge in [0.25, 0.3) is 0 Å². The number of hydrogen-bond acceptors (Lipinski definition) is 4. The fourth-order valence-corrected chi connectivity index (χ4v) is 1.22. The van der Waals surface area contributed by atoms with Gasteiger partial charge in [-0.25, -0.2) is 5.84 Å². The van der Waals surface area contributed by atoms with Gasteiger partial charge in [0.15, 0.2) is 0 Å². The summed E-state index contributed by atoms with van der Waals surface area (Å²) in [6.07, 6.45) is 0.619. The van der Waals surface area contributed by atoms with E-state index in [1.165, 1.54) is 6.92 Å². The fraction of sp³-hybridized carbons (Fsp3) is 0.667. The molecular weight excluding hydrogens is 178 g/mol. The summed E-state index contributed by atoms with van der Waals surface area (Å²) in [5.41, 5.74) is 2.03. The monoisotopic (exact) mass is 191 g/mol. The molecular formula is C6H13N3O2S. The van der Waals surface area contributed by atoms with E-state index < -0.39 is 0 Å². The lowest BCUT2D eigenvalue weighted by Crippen LogP contribution is -2.38. The minimum Gasteiger partial charge on any atom is -0.300 e. The van der Waals surface area contributed by atoms with Gasteiger partial charge >= 0.3 is 0 Å². The van der Waals surface area contributed by atoms with E-state index in [1.807, 2.05) is 12.3 Å². The van der Waals surface area contributed by atoms with Gasteiger partial charge in [0.1, 0.15) is 5.25 Å². The molecule has 0 aromatic heterocycles. The second kappa shape index (κ2) is 5.84. The molecule has 1 atom stereocenters. The molecule has 6 heteroatoms. The average Bonchev–Trinajstić information content (AvgIpc) is 2.04. The van der Waals surface area contributed by atoms with Crippen LogP contribution >= 0.6 is 11.9 Å². The van der Waals surface area contributed by atoms with Gasteiger partial charge < -0.3 is 0 Å². The molecule has 0 fully saturated rings. The normalized spacial score (nSPS) is 11.9. The van der Waals surface area contributed by atoms with Crippen LogP contribution in [0, 0.1) is 0 Å². The molecule has 70 valence electrons. The Hall–Kier alpha value is -0.750. The first-order chi connectivity index (χ1) is 5.61. The summed E-state index contributed by atoms with van der Waals surface area (Å²) in [5, 5.41) is -0.320. The van der Waals surface area contributed by atoms with Gasteiger partial charge in [-0.05, 0) is 18.4 Å². The van der Waals surface area contributed by atoms with E-state index in [2.05, 4.69) is 4.72 Å². The van der Waals surface area contributed by atoms with Gasteiger partial charge in [-0.15, -0.1) is 0 Å². The van der Waals surface area contributed by atoms with E-state index in [0.29, 0.717) is 6.42 Å². The van der Waals surface area contributed by atoms with Gasteiger partial charge in [-0.2, -0.15) is 0 Å². The lowest BCUT2D eigenvalue weighted by molar-refractivity contribution is -0.120. The molecule has 12 heavy (non-hydrogen) atoms. The number of rotatable bonds is 4. The third-order valence-corrected chi connectivity index (χ3v) is 2.39. The molecule has 0 rings (SSSR count). The summed E-state index contributed by atoms with van der Waals surface area (Å²) < 4.78 is 2.47. The third-order valence-electron chi connectivity index (χ3n) is 1.15. The molecule has 0 spiro atoms. The Morgan fingerprint density at radius 3 is 2.50 bits per heavy atom. The summed E-state index contributed by atoms with van der Waals surface area (Å²) >= 11 is 1.07. The maximum atomic E-state index is 10.9. The van der Waals surface area contributed by atoms with Crippen LogP contribution in [0.15, 0.2) is 0 Å². The highest BCUT2D eigenvalue weighted by molar-refractivity contribution is 7.99. The fourth-order valence-electron chi connectivity index (χ4n) is 0.569. The average molecular weight is 191 g/mol. The molecule has 0 aliphatic carbocycles. The molecule has 0 heterocycles. The minimum atomic E-state index is -0.320. The van der Waals surface area contributed by atoms with Crippen LogP contribution in [0.25, 0.3) is 0 Å². The minimum absolute atomic E-state index is 0.178. The molecule has 5 nitrogen and oxygen atoms in total. The third kappa shape index (κ3) is 4.20. The van der Waals surface area contributed by atoms with Crippen LogP contribution in [0.1, 0.15) is 20.3 Å². The topological polar surface area (TPSA) is 84.2 Å². The van der Waals surface area contributed by atoms with Crippen molar-refractivity contribution in [2.75, 3.05) is 0 Å². The Balaban J connectivity index is 3.83. The van der Waals surface area contributed by atoms with Gasteiger partial charge in [0.05, 0.1) is 0 Å². The van der Waals surface area contributed by atoms with E-state index in [1.54, 1.807) is 0 Å². The molecule has 0 radical (unpaired) electrons. The summed E-state index contributed by atoms with van der Waals surface area (Å²) in [5.74, 6) is 4.47. The highest BCUT2D eigenvalue weighted by Gasteiger charge is 2.15. The molecule has 0 aliphatic heterocycles.